The van der Waals surface area contributed by atoms with Crippen molar-refractivity contribution >= 4 is 17.6 Å². The molecule has 0 amide bonds. The second kappa shape index (κ2) is 9.11. The van der Waals surface area contributed by atoms with Gasteiger partial charge in [-0.3, -0.25) is 14.6 Å². The molecule has 1 heterocycles. The molecule has 1 aromatic carbocycles. The van der Waals surface area contributed by atoms with Crippen LogP contribution >= 0.6 is 11.6 Å². The van der Waals surface area contributed by atoms with Crippen molar-refractivity contribution in [3.8, 4) is 5.75 Å². The molecule has 1 aliphatic rings. The number of benzene rings is 1. The van der Waals surface area contributed by atoms with Gasteiger partial charge in [0.15, 0.2) is 0 Å². The summed E-state index contributed by atoms with van der Waals surface area (Å²) in [5, 5.41) is 9.58. The molecule has 1 saturated heterocycles. The Kier molecular flexibility index (Phi) is 7.15. The minimum atomic E-state index is -0.761. The first-order chi connectivity index (χ1) is 11.0. The van der Waals surface area contributed by atoms with Crippen LogP contribution in [0.15, 0.2) is 24.3 Å². The van der Waals surface area contributed by atoms with Crippen molar-refractivity contribution in [1.29, 1.82) is 0 Å². The first-order valence-corrected chi connectivity index (χ1v) is 8.45. The number of hydrogen-bond acceptors (Lipinski definition) is 4. The molecule has 0 saturated carbocycles. The average Bonchev–Trinajstić information content (AvgIpc) is 2.72. The summed E-state index contributed by atoms with van der Waals surface area (Å²) in [5.74, 6) is 0.0370. The fourth-order valence-corrected chi connectivity index (χ4v) is 3.17. The van der Waals surface area contributed by atoms with Crippen LogP contribution in [0.4, 0.5) is 0 Å². The van der Waals surface area contributed by atoms with Crippen LogP contribution in [0.3, 0.4) is 0 Å². The van der Waals surface area contributed by atoms with Crippen LogP contribution < -0.4 is 4.74 Å². The maximum absolute atomic E-state index is 10.8. The van der Waals surface area contributed by atoms with Crippen LogP contribution in [0, 0.1) is 0 Å². The standard InChI is InChI=1S/C17H25ClN2O3/c1-19(13-17(21)22)15-5-3-8-20(9-7-15)10-11-23-16-6-2-4-14(18)12-16/h2,4,6,12,15H,3,5,7-11,13H2,1H3,(H,21,22). The third-order valence-electron chi connectivity index (χ3n) is 4.27. The zero-order chi connectivity index (χ0) is 16.7. The second-order valence-electron chi connectivity index (χ2n) is 6.04. The smallest absolute Gasteiger partial charge is 0.317 e. The molecule has 2 rings (SSSR count). The normalized spacial score (nSPS) is 19.5. The molecule has 0 aliphatic carbocycles. The monoisotopic (exact) mass is 340 g/mol. The Morgan fingerprint density at radius 2 is 2.26 bits per heavy atom. The summed E-state index contributed by atoms with van der Waals surface area (Å²) in [6.45, 7) is 3.64. The molecule has 1 unspecified atom stereocenters. The van der Waals surface area contributed by atoms with Crippen molar-refractivity contribution in [3.05, 3.63) is 29.3 Å². The fourth-order valence-electron chi connectivity index (χ4n) is 2.99. The van der Waals surface area contributed by atoms with Crippen molar-refractivity contribution in [1.82, 2.24) is 9.80 Å². The predicted molar refractivity (Wildman–Crippen MR) is 91.3 cm³/mol. The summed E-state index contributed by atoms with van der Waals surface area (Å²) in [7, 11) is 1.90. The van der Waals surface area contributed by atoms with Gasteiger partial charge in [-0.1, -0.05) is 17.7 Å². The minimum Gasteiger partial charge on any atom is -0.492 e. The molecular formula is C17H25ClN2O3. The molecule has 1 aliphatic heterocycles. The maximum Gasteiger partial charge on any atom is 0.317 e. The van der Waals surface area contributed by atoms with Crippen molar-refractivity contribution in [2.75, 3.05) is 39.8 Å². The number of ether oxygens (including phenoxy) is 1. The minimum absolute atomic E-state index is 0.114. The van der Waals surface area contributed by atoms with E-state index in [9.17, 15) is 4.79 Å². The molecule has 0 spiro atoms. The number of carbonyl (C=O) groups is 1. The zero-order valence-electron chi connectivity index (χ0n) is 13.6. The van der Waals surface area contributed by atoms with Gasteiger partial charge in [-0.05, 0) is 57.6 Å². The van der Waals surface area contributed by atoms with Crippen LogP contribution in [0.5, 0.6) is 5.75 Å². The van der Waals surface area contributed by atoms with Gasteiger partial charge in [-0.25, -0.2) is 0 Å². The second-order valence-corrected chi connectivity index (χ2v) is 6.48. The topological polar surface area (TPSA) is 53.0 Å². The quantitative estimate of drug-likeness (QED) is 0.826. The first kappa shape index (κ1) is 18.0. The number of rotatable bonds is 7. The number of aliphatic carboxylic acids is 1. The molecule has 23 heavy (non-hydrogen) atoms. The van der Waals surface area contributed by atoms with Crippen molar-refractivity contribution in [2.24, 2.45) is 0 Å². The molecule has 1 atom stereocenters. The van der Waals surface area contributed by atoms with Crippen LogP contribution in [0.1, 0.15) is 19.3 Å². The van der Waals surface area contributed by atoms with E-state index in [1.165, 1.54) is 0 Å². The van der Waals surface area contributed by atoms with Crippen molar-refractivity contribution in [3.63, 3.8) is 0 Å². The first-order valence-electron chi connectivity index (χ1n) is 8.07. The van der Waals surface area contributed by atoms with Gasteiger partial charge in [0.25, 0.3) is 0 Å². The number of likely N-dealkylation sites (N-methyl/N-ethyl adjacent to an activating group) is 1. The van der Waals surface area contributed by atoms with Crippen LogP contribution in [-0.2, 0) is 4.79 Å². The highest BCUT2D eigenvalue weighted by Gasteiger charge is 2.21. The van der Waals surface area contributed by atoms with Gasteiger partial charge in [-0.15, -0.1) is 0 Å². The van der Waals surface area contributed by atoms with Gasteiger partial charge >= 0.3 is 5.97 Å². The van der Waals surface area contributed by atoms with Crippen LogP contribution in [0.25, 0.3) is 0 Å². The van der Waals surface area contributed by atoms with Gasteiger partial charge in [0.2, 0.25) is 0 Å². The van der Waals surface area contributed by atoms with E-state index in [2.05, 4.69) is 4.90 Å². The van der Waals surface area contributed by atoms with E-state index in [0.717, 1.165) is 44.6 Å². The fraction of sp³-hybridized carbons (Fsp3) is 0.588. The number of hydrogen-bond donors (Lipinski definition) is 1. The van der Waals surface area contributed by atoms with E-state index in [-0.39, 0.29) is 6.54 Å². The van der Waals surface area contributed by atoms with E-state index in [1.807, 2.05) is 36.2 Å². The van der Waals surface area contributed by atoms with Gasteiger partial charge in [0.05, 0.1) is 6.54 Å². The van der Waals surface area contributed by atoms with E-state index < -0.39 is 5.97 Å². The Balaban J connectivity index is 1.72. The molecule has 5 nitrogen and oxygen atoms in total. The summed E-state index contributed by atoms with van der Waals surface area (Å²) in [6.07, 6.45) is 3.14. The molecule has 128 valence electrons. The van der Waals surface area contributed by atoms with E-state index >= 15 is 0 Å². The highest BCUT2D eigenvalue weighted by molar-refractivity contribution is 6.30. The molecule has 6 heteroatoms. The number of likely N-dealkylation sites (tertiary alicyclic amines) is 1. The molecule has 0 radical (unpaired) electrons. The number of halogens is 1. The predicted octanol–water partition coefficient (Wildman–Crippen LogP) is 2.59. The number of nitrogens with zero attached hydrogens (tertiary/aromatic N) is 2. The van der Waals surface area contributed by atoms with Crippen LogP contribution in [-0.4, -0.2) is 66.8 Å². The highest BCUT2D eigenvalue weighted by Crippen LogP contribution is 2.18. The lowest BCUT2D eigenvalue weighted by Crippen LogP contribution is -2.37. The van der Waals surface area contributed by atoms with Crippen LogP contribution in [0.2, 0.25) is 5.02 Å². The Morgan fingerprint density at radius 1 is 1.43 bits per heavy atom. The van der Waals surface area contributed by atoms with Crippen molar-refractivity contribution in [2.45, 2.75) is 25.3 Å². The van der Waals surface area contributed by atoms with E-state index in [1.54, 1.807) is 0 Å². The third-order valence-corrected chi connectivity index (χ3v) is 4.51. The summed E-state index contributed by atoms with van der Waals surface area (Å²) < 4.78 is 5.74. The lowest BCUT2D eigenvalue weighted by Gasteiger charge is -2.25. The Bertz CT molecular complexity index is 512. The molecule has 0 aromatic heterocycles. The largest absolute Gasteiger partial charge is 0.492 e. The van der Waals surface area contributed by atoms with Gasteiger partial charge in [0.1, 0.15) is 12.4 Å². The molecule has 1 fully saturated rings. The summed E-state index contributed by atoms with van der Waals surface area (Å²) in [4.78, 5) is 15.2. The Labute approximate surface area is 142 Å². The number of carboxylic acids is 1. The summed E-state index contributed by atoms with van der Waals surface area (Å²) in [5.41, 5.74) is 0. The van der Waals surface area contributed by atoms with Gasteiger partial charge in [-0.2, -0.15) is 0 Å². The average molecular weight is 341 g/mol. The van der Waals surface area contributed by atoms with Gasteiger partial charge in [0, 0.05) is 17.6 Å². The third kappa shape index (κ3) is 6.37. The Hall–Kier alpha value is -1.30. The molecule has 1 N–H and O–H groups in total. The molecule has 1 aromatic rings. The highest BCUT2D eigenvalue weighted by atomic mass is 35.5. The lowest BCUT2D eigenvalue weighted by atomic mass is 10.1. The van der Waals surface area contributed by atoms with Gasteiger partial charge < -0.3 is 9.84 Å². The maximum atomic E-state index is 10.8. The zero-order valence-corrected chi connectivity index (χ0v) is 14.3. The number of carboxylic acid groups (broad SMARTS) is 1. The molecular weight excluding hydrogens is 316 g/mol. The van der Waals surface area contributed by atoms with E-state index in [0.29, 0.717) is 17.7 Å². The Morgan fingerprint density at radius 3 is 3.00 bits per heavy atom. The SMILES string of the molecule is CN(CC(=O)O)C1CCCN(CCOc2cccc(Cl)c2)CC1. The summed E-state index contributed by atoms with van der Waals surface area (Å²) in [6, 6.07) is 7.79. The summed E-state index contributed by atoms with van der Waals surface area (Å²) >= 11 is 5.94. The molecule has 0 bridgehead atoms. The van der Waals surface area contributed by atoms with Crippen molar-refractivity contribution < 1.29 is 14.6 Å². The lowest BCUT2D eigenvalue weighted by molar-refractivity contribution is -0.138. The van der Waals surface area contributed by atoms with E-state index in [4.69, 9.17) is 21.4 Å².